The van der Waals surface area contributed by atoms with Crippen molar-refractivity contribution in [2.24, 2.45) is 0 Å². The second-order valence-electron chi connectivity index (χ2n) is 6.40. The van der Waals surface area contributed by atoms with E-state index in [0.29, 0.717) is 30.3 Å². The number of rotatable bonds is 4. The molecule has 144 valence electrons. The molecule has 6 nitrogen and oxygen atoms in total. The molecule has 2 aromatic carbocycles. The number of benzene rings is 2. The molecule has 0 bridgehead atoms. The van der Waals surface area contributed by atoms with E-state index in [4.69, 9.17) is 21.1 Å². The molecule has 1 aliphatic rings. The normalized spacial score (nSPS) is 14.1. The van der Waals surface area contributed by atoms with Gasteiger partial charge in [-0.2, -0.15) is 0 Å². The minimum Gasteiger partial charge on any atom is -0.497 e. The zero-order chi connectivity index (χ0) is 19.4. The van der Waals surface area contributed by atoms with Crippen LogP contribution in [0.4, 0.5) is 16.2 Å². The highest BCUT2D eigenvalue weighted by molar-refractivity contribution is 6.31. The topological polar surface area (TPSA) is 54.0 Å². The van der Waals surface area contributed by atoms with E-state index in [1.165, 1.54) is 0 Å². The van der Waals surface area contributed by atoms with Gasteiger partial charge in [0.25, 0.3) is 0 Å². The number of halogens is 1. The van der Waals surface area contributed by atoms with Gasteiger partial charge in [0, 0.05) is 43.0 Å². The molecule has 2 aromatic rings. The summed E-state index contributed by atoms with van der Waals surface area (Å²) >= 11 is 6.23. The number of carbonyl (C=O) groups is 1. The number of aryl methyl sites for hydroxylation is 1. The van der Waals surface area contributed by atoms with Gasteiger partial charge in [0.2, 0.25) is 0 Å². The number of carbonyl (C=O) groups excluding carboxylic acids is 1. The summed E-state index contributed by atoms with van der Waals surface area (Å²) in [5, 5.41) is 3.68. The maximum Gasteiger partial charge on any atom is 0.322 e. The van der Waals surface area contributed by atoms with Crippen molar-refractivity contribution in [1.82, 2.24) is 4.90 Å². The van der Waals surface area contributed by atoms with E-state index in [1.807, 2.05) is 19.1 Å². The first kappa shape index (κ1) is 19.2. The van der Waals surface area contributed by atoms with Gasteiger partial charge in [-0.1, -0.05) is 17.7 Å². The second-order valence-corrected chi connectivity index (χ2v) is 6.81. The molecule has 1 heterocycles. The van der Waals surface area contributed by atoms with Crippen LogP contribution in [0.2, 0.25) is 5.02 Å². The highest BCUT2D eigenvalue weighted by Gasteiger charge is 2.22. The smallest absolute Gasteiger partial charge is 0.322 e. The summed E-state index contributed by atoms with van der Waals surface area (Å²) in [7, 11) is 3.16. The Bertz CT molecular complexity index is 820. The van der Waals surface area contributed by atoms with Crippen molar-refractivity contribution in [3.8, 4) is 11.5 Å². The summed E-state index contributed by atoms with van der Waals surface area (Å²) in [4.78, 5) is 16.7. The Morgan fingerprint density at radius 1 is 1.04 bits per heavy atom. The lowest BCUT2D eigenvalue weighted by Gasteiger charge is -2.36. The van der Waals surface area contributed by atoms with Gasteiger partial charge in [-0.25, -0.2) is 4.79 Å². The Morgan fingerprint density at radius 3 is 2.41 bits per heavy atom. The molecule has 27 heavy (non-hydrogen) atoms. The number of anilines is 2. The molecule has 0 spiro atoms. The lowest BCUT2D eigenvalue weighted by atomic mass is 10.2. The molecular formula is C20H24ClN3O3. The van der Waals surface area contributed by atoms with E-state index in [9.17, 15) is 4.79 Å². The van der Waals surface area contributed by atoms with Crippen LogP contribution in [0, 0.1) is 6.92 Å². The standard InChI is InChI=1S/C20H24ClN3O3/c1-14-4-5-15(12-17(14)21)23-8-10-24(11-9-23)20(25)22-18-13-16(26-2)6-7-19(18)27-3/h4-7,12-13H,8-11H2,1-3H3,(H,22,25). The fourth-order valence-electron chi connectivity index (χ4n) is 3.05. The van der Waals surface area contributed by atoms with Crippen LogP contribution in [0.1, 0.15) is 5.56 Å². The van der Waals surface area contributed by atoms with Gasteiger partial charge in [-0.05, 0) is 36.8 Å². The third kappa shape index (κ3) is 4.39. The predicted octanol–water partition coefficient (Wildman–Crippen LogP) is 4.02. The summed E-state index contributed by atoms with van der Waals surface area (Å²) in [5.74, 6) is 1.25. The zero-order valence-electron chi connectivity index (χ0n) is 15.8. The molecule has 0 radical (unpaired) electrons. The van der Waals surface area contributed by atoms with Gasteiger partial charge in [0.15, 0.2) is 0 Å². The van der Waals surface area contributed by atoms with Crippen molar-refractivity contribution >= 4 is 29.0 Å². The Hall–Kier alpha value is -2.60. The molecule has 3 rings (SSSR count). The lowest BCUT2D eigenvalue weighted by molar-refractivity contribution is 0.208. The molecule has 0 atom stereocenters. The highest BCUT2D eigenvalue weighted by Crippen LogP contribution is 2.29. The van der Waals surface area contributed by atoms with Gasteiger partial charge in [-0.3, -0.25) is 0 Å². The van der Waals surface area contributed by atoms with Crippen molar-refractivity contribution in [2.75, 3.05) is 50.6 Å². The zero-order valence-corrected chi connectivity index (χ0v) is 16.5. The number of hydrogen-bond acceptors (Lipinski definition) is 4. The van der Waals surface area contributed by atoms with Crippen molar-refractivity contribution in [3.63, 3.8) is 0 Å². The summed E-state index contributed by atoms with van der Waals surface area (Å²) in [5.41, 5.74) is 2.74. The lowest BCUT2D eigenvalue weighted by Crippen LogP contribution is -2.50. The molecule has 0 saturated carbocycles. The van der Waals surface area contributed by atoms with Gasteiger partial charge >= 0.3 is 6.03 Å². The predicted molar refractivity (Wildman–Crippen MR) is 109 cm³/mol. The maximum absolute atomic E-state index is 12.7. The van der Waals surface area contributed by atoms with Crippen LogP contribution in [0.25, 0.3) is 0 Å². The molecule has 2 amide bonds. The van der Waals surface area contributed by atoms with Crippen molar-refractivity contribution in [2.45, 2.75) is 6.92 Å². The van der Waals surface area contributed by atoms with E-state index >= 15 is 0 Å². The number of methoxy groups -OCH3 is 2. The molecule has 1 fully saturated rings. The van der Waals surface area contributed by atoms with Crippen LogP contribution in [0.3, 0.4) is 0 Å². The van der Waals surface area contributed by atoms with Crippen molar-refractivity contribution in [1.29, 1.82) is 0 Å². The molecular weight excluding hydrogens is 366 g/mol. The first-order valence-electron chi connectivity index (χ1n) is 8.81. The van der Waals surface area contributed by atoms with E-state index in [1.54, 1.807) is 37.3 Å². The monoisotopic (exact) mass is 389 g/mol. The number of hydrogen-bond donors (Lipinski definition) is 1. The van der Waals surface area contributed by atoms with Crippen molar-refractivity contribution < 1.29 is 14.3 Å². The quantitative estimate of drug-likeness (QED) is 0.858. The average Bonchev–Trinajstić information content (AvgIpc) is 2.70. The number of nitrogens with zero attached hydrogens (tertiary/aromatic N) is 2. The maximum atomic E-state index is 12.7. The van der Waals surface area contributed by atoms with Crippen LogP contribution in [-0.2, 0) is 0 Å². The first-order chi connectivity index (χ1) is 13.0. The molecule has 0 aromatic heterocycles. The fraction of sp³-hybridized carbons (Fsp3) is 0.350. The summed E-state index contributed by atoms with van der Waals surface area (Å²) in [6.45, 7) is 4.75. The van der Waals surface area contributed by atoms with Gasteiger partial charge in [0.05, 0.1) is 19.9 Å². The molecule has 0 aliphatic carbocycles. The van der Waals surface area contributed by atoms with E-state index < -0.39 is 0 Å². The minimum absolute atomic E-state index is 0.150. The highest BCUT2D eigenvalue weighted by atomic mass is 35.5. The minimum atomic E-state index is -0.150. The van der Waals surface area contributed by atoms with Crippen LogP contribution < -0.4 is 19.7 Å². The summed E-state index contributed by atoms with van der Waals surface area (Å²) < 4.78 is 10.5. The molecule has 0 unspecified atom stereocenters. The van der Waals surface area contributed by atoms with Crippen LogP contribution in [0.5, 0.6) is 11.5 Å². The second kappa shape index (κ2) is 8.39. The van der Waals surface area contributed by atoms with E-state index in [0.717, 1.165) is 29.4 Å². The van der Waals surface area contributed by atoms with Crippen molar-refractivity contribution in [3.05, 3.63) is 47.0 Å². The number of ether oxygens (including phenoxy) is 2. The Morgan fingerprint density at radius 2 is 1.78 bits per heavy atom. The Labute approximate surface area is 164 Å². The van der Waals surface area contributed by atoms with Gasteiger partial charge in [0.1, 0.15) is 11.5 Å². The summed E-state index contributed by atoms with van der Waals surface area (Å²) in [6.07, 6.45) is 0. The third-order valence-electron chi connectivity index (χ3n) is 4.74. The largest absolute Gasteiger partial charge is 0.497 e. The molecule has 1 N–H and O–H groups in total. The molecule has 7 heteroatoms. The average molecular weight is 390 g/mol. The van der Waals surface area contributed by atoms with E-state index in [2.05, 4.69) is 16.3 Å². The van der Waals surface area contributed by atoms with Gasteiger partial charge in [-0.15, -0.1) is 0 Å². The molecule has 1 saturated heterocycles. The van der Waals surface area contributed by atoms with Gasteiger partial charge < -0.3 is 24.6 Å². The van der Waals surface area contributed by atoms with Crippen LogP contribution in [0.15, 0.2) is 36.4 Å². The number of amides is 2. The number of urea groups is 1. The van der Waals surface area contributed by atoms with Crippen LogP contribution >= 0.6 is 11.6 Å². The summed E-state index contributed by atoms with van der Waals surface area (Å²) in [6, 6.07) is 11.2. The Kier molecular flexibility index (Phi) is 5.96. The third-order valence-corrected chi connectivity index (χ3v) is 5.14. The SMILES string of the molecule is COc1ccc(OC)c(NC(=O)N2CCN(c3ccc(C)c(Cl)c3)CC2)c1. The fourth-order valence-corrected chi connectivity index (χ4v) is 3.23. The van der Waals surface area contributed by atoms with E-state index in [-0.39, 0.29) is 6.03 Å². The number of piperazine rings is 1. The number of nitrogens with one attached hydrogen (secondary N) is 1. The Balaban J connectivity index is 1.62. The van der Waals surface area contributed by atoms with Crippen LogP contribution in [-0.4, -0.2) is 51.3 Å². The molecule has 1 aliphatic heterocycles. The first-order valence-corrected chi connectivity index (χ1v) is 9.18.